The zero-order valence-corrected chi connectivity index (χ0v) is 16.1. The molecule has 1 heterocycles. The Bertz CT molecular complexity index is 894. The van der Waals surface area contributed by atoms with Crippen molar-refractivity contribution in [1.29, 1.82) is 0 Å². The van der Waals surface area contributed by atoms with Crippen LogP contribution < -0.4 is 10.5 Å². The van der Waals surface area contributed by atoms with Crippen molar-refractivity contribution in [3.05, 3.63) is 60.2 Å². The topological polar surface area (TPSA) is 83.0 Å². The summed E-state index contributed by atoms with van der Waals surface area (Å²) in [4.78, 5) is 11.5. The van der Waals surface area contributed by atoms with Gasteiger partial charge in [-0.3, -0.25) is 4.79 Å². The summed E-state index contributed by atoms with van der Waals surface area (Å²) in [6.45, 7) is 2.47. The molecule has 0 aliphatic rings. The van der Waals surface area contributed by atoms with Gasteiger partial charge in [-0.1, -0.05) is 42.1 Å². The molecule has 2 N–H and O–H groups in total. The Kier molecular flexibility index (Phi) is 6.13. The lowest BCUT2D eigenvalue weighted by atomic mass is 10.1. The van der Waals surface area contributed by atoms with Gasteiger partial charge >= 0.3 is 0 Å². The summed E-state index contributed by atoms with van der Waals surface area (Å²) in [6.07, 6.45) is 0.834. The molecule has 3 rings (SSSR count). The van der Waals surface area contributed by atoms with Gasteiger partial charge in [-0.15, -0.1) is 10.2 Å². The molecule has 3 aromatic rings. The molecule has 1 atom stereocenters. The lowest BCUT2D eigenvalue weighted by Crippen LogP contribution is -2.23. The number of nitrogens with two attached hydrogens (primary N) is 1. The third-order valence-electron chi connectivity index (χ3n) is 4.21. The molecule has 0 fully saturated rings. The summed E-state index contributed by atoms with van der Waals surface area (Å²) in [5.41, 5.74) is 7.59. The summed E-state index contributed by atoms with van der Waals surface area (Å²) < 4.78 is 7.27. The fourth-order valence-corrected chi connectivity index (χ4v) is 3.46. The van der Waals surface area contributed by atoms with Crippen molar-refractivity contribution >= 4 is 17.7 Å². The van der Waals surface area contributed by atoms with Crippen molar-refractivity contribution < 1.29 is 9.53 Å². The molecule has 6 nitrogen and oxygen atoms in total. The number of thioether (sulfide) groups is 1. The Labute approximate surface area is 162 Å². The van der Waals surface area contributed by atoms with Crippen LogP contribution in [-0.4, -0.2) is 33.0 Å². The van der Waals surface area contributed by atoms with Gasteiger partial charge in [0.15, 0.2) is 11.0 Å². The van der Waals surface area contributed by atoms with Crippen LogP contribution >= 0.6 is 11.8 Å². The zero-order valence-electron chi connectivity index (χ0n) is 15.3. The van der Waals surface area contributed by atoms with Gasteiger partial charge in [0.2, 0.25) is 5.91 Å². The van der Waals surface area contributed by atoms with E-state index in [1.165, 1.54) is 17.3 Å². The monoisotopic (exact) mass is 382 g/mol. The van der Waals surface area contributed by atoms with Crippen LogP contribution in [-0.2, 0) is 17.8 Å². The number of aromatic nitrogens is 3. The van der Waals surface area contributed by atoms with E-state index in [9.17, 15) is 4.79 Å². The molecule has 0 spiro atoms. The highest BCUT2D eigenvalue weighted by Gasteiger charge is 2.19. The molecule has 1 aromatic heterocycles. The van der Waals surface area contributed by atoms with Crippen LogP contribution in [0.3, 0.4) is 0 Å². The maximum Gasteiger partial charge on any atom is 0.230 e. The van der Waals surface area contributed by atoms with E-state index in [1.54, 1.807) is 14.0 Å². The van der Waals surface area contributed by atoms with Crippen molar-refractivity contribution in [2.75, 3.05) is 7.11 Å². The summed E-state index contributed by atoms with van der Waals surface area (Å²) in [6, 6.07) is 17.9. The molecule has 0 radical (unpaired) electrons. The highest BCUT2D eigenvalue weighted by Crippen LogP contribution is 2.28. The smallest absolute Gasteiger partial charge is 0.230 e. The van der Waals surface area contributed by atoms with E-state index in [0.717, 1.165) is 23.6 Å². The summed E-state index contributed by atoms with van der Waals surface area (Å²) in [5.74, 6) is 1.17. The number of amides is 1. The lowest BCUT2D eigenvalue weighted by molar-refractivity contribution is -0.117. The Balaban J connectivity index is 1.91. The molecule has 0 bridgehead atoms. The van der Waals surface area contributed by atoms with Crippen LogP contribution in [0.15, 0.2) is 59.8 Å². The zero-order chi connectivity index (χ0) is 19.2. The number of carbonyl (C=O) groups is 1. The molecular formula is C20H22N4O2S. The van der Waals surface area contributed by atoms with Crippen LogP contribution in [0.4, 0.5) is 0 Å². The Hall–Kier alpha value is -2.80. The first-order chi connectivity index (χ1) is 13.1. The van der Waals surface area contributed by atoms with Crippen LogP contribution in [0.2, 0.25) is 0 Å². The number of methoxy groups -OCH3 is 1. The van der Waals surface area contributed by atoms with Crippen molar-refractivity contribution in [2.24, 2.45) is 5.73 Å². The second-order valence-electron chi connectivity index (χ2n) is 6.08. The minimum atomic E-state index is -0.381. The van der Waals surface area contributed by atoms with Crippen LogP contribution in [0.25, 0.3) is 11.4 Å². The predicted molar refractivity (Wildman–Crippen MR) is 107 cm³/mol. The lowest BCUT2D eigenvalue weighted by Gasteiger charge is -2.12. The maximum atomic E-state index is 11.5. The SMILES string of the molecule is COc1ccc(-c2nnc(S[C@@H](C)C(N)=O)n2CCc2ccccc2)cc1. The van der Waals surface area contributed by atoms with E-state index in [2.05, 4.69) is 22.3 Å². The number of ether oxygens (including phenoxy) is 1. The van der Waals surface area contributed by atoms with Crippen LogP contribution in [0.5, 0.6) is 5.75 Å². The highest BCUT2D eigenvalue weighted by atomic mass is 32.2. The molecule has 0 unspecified atom stereocenters. The number of nitrogens with zero attached hydrogens (tertiary/aromatic N) is 3. The van der Waals surface area contributed by atoms with Gasteiger partial charge in [-0.25, -0.2) is 0 Å². The standard InChI is InChI=1S/C20H22N4O2S/c1-14(18(21)25)27-20-23-22-19(16-8-10-17(26-2)11-9-16)24(20)13-12-15-6-4-3-5-7-15/h3-11,14H,12-13H2,1-2H3,(H2,21,25)/t14-/m0/s1. The van der Waals surface area contributed by atoms with Gasteiger partial charge in [0.1, 0.15) is 5.75 Å². The first-order valence-corrected chi connectivity index (χ1v) is 9.54. The van der Waals surface area contributed by atoms with E-state index in [0.29, 0.717) is 11.7 Å². The van der Waals surface area contributed by atoms with Crippen molar-refractivity contribution in [3.8, 4) is 17.1 Å². The fourth-order valence-electron chi connectivity index (χ4n) is 2.63. The quantitative estimate of drug-likeness (QED) is 0.605. The third kappa shape index (κ3) is 4.68. The van der Waals surface area contributed by atoms with E-state index in [1.807, 2.05) is 47.0 Å². The molecule has 1 amide bonds. The summed E-state index contributed by atoms with van der Waals surface area (Å²) in [7, 11) is 1.64. The van der Waals surface area contributed by atoms with E-state index >= 15 is 0 Å². The minimum absolute atomic E-state index is 0.372. The van der Waals surface area contributed by atoms with Gasteiger partial charge < -0.3 is 15.0 Å². The second kappa shape index (κ2) is 8.73. The molecule has 0 aliphatic heterocycles. The normalized spacial score (nSPS) is 11.9. The summed E-state index contributed by atoms with van der Waals surface area (Å²) in [5, 5.41) is 8.97. The first kappa shape index (κ1) is 19.0. The average Bonchev–Trinajstić information content (AvgIpc) is 3.09. The molecule has 2 aromatic carbocycles. The molecule has 0 saturated heterocycles. The largest absolute Gasteiger partial charge is 0.497 e. The van der Waals surface area contributed by atoms with Gasteiger partial charge in [0, 0.05) is 12.1 Å². The first-order valence-electron chi connectivity index (χ1n) is 8.66. The van der Waals surface area contributed by atoms with Crippen molar-refractivity contribution in [3.63, 3.8) is 0 Å². The Morgan fingerprint density at radius 1 is 1.15 bits per heavy atom. The van der Waals surface area contributed by atoms with Crippen LogP contribution in [0, 0.1) is 0 Å². The Morgan fingerprint density at radius 2 is 1.85 bits per heavy atom. The highest BCUT2D eigenvalue weighted by molar-refractivity contribution is 8.00. The molecule has 7 heteroatoms. The minimum Gasteiger partial charge on any atom is -0.497 e. The molecular weight excluding hydrogens is 360 g/mol. The third-order valence-corrected chi connectivity index (χ3v) is 5.31. The molecule has 0 aliphatic carbocycles. The second-order valence-corrected chi connectivity index (χ2v) is 7.39. The van der Waals surface area contributed by atoms with Crippen molar-refractivity contribution in [2.45, 2.75) is 30.3 Å². The van der Waals surface area contributed by atoms with Gasteiger partial charge in [0.25, 0.3) is 0 Å². The summed E-state index contributed by atoms with van der Waals surface area (Å²) >= 11 is 1.33. The maximum absolute atomic E-state index is 11.5. The number of rotatable bonds is 8. The molecule has 140 valence electrons. The average molecular weight is 382 g/mol. The van der Waals surface area contributed by atoms with E-state index < -0.39 is 0 Å². The Morgan fingerprint density at radius 3 is 2.48 bits per heavy atom. The molecule has 0 saturated carbocycles. The van der Waals surface area contributed by atoms with E-state index in [4.69, 9.17) is 10.5 Å². The predicted octanol–water partition coefficient (Wildman–Crippen LogP) is 3.16. The fraction of sp³-hybridized carbons (Fsp3) is 0.250. The molecule has 27 heavy (non-hydrogen) atoms. The number of hydrogen-bond donors (Lipinski definition) is 1. The van der Waals surface area contributed by atoms with Gasteiger partial charge in [0.05, 0.1) is 12.4 Å². The number of benzene rings is 2. The number of aryl methyl sites for hydroxylation is 1. The van der Waals surface area contributed by atoms with E-state index in [-0.39, 0.29) is 11.2 Å². The van der Waals surface area contributed by atoms with Gasteiger partial charge in [-0.2, -0.15) is 0 Å². The van der Waals surface area contributed by atoms with Crippen LogP contribution in [0.1, 0.15) is 12.5 Å². The van der Waals surface area contributed by atoms with Gasteiger partial charge in [-0.05, 0) is 43.2 Å². The number of carbonyl (C=O) groups excluding carboxylic acids is 1. The van der Waals surface area contributed by atoms with Crippen molar-refractivity contribution in [1.82, 2.24) is 14.8 Å². The number of primary amides is 1. The number of hydrogen-bond acceptors (Lipinski definition) is 5.